The van der Waals surface area contributed by atoms with Gasteiger partial charge in [0.05, 0.1) is 13.7 Å². The van der Waals surface area contributed by atoms with Crippen molar-refractivity contribution in [3.05, 3.63) is 28.2 Å². The van der Waals surface area contributed by atoms with Gasteiger partial charge in [-0.3, -0.25) is 0 Å². The number of ether oxygens (including phenoxy) is 2. The van der Waals surface area contributed by atoms with Gasteiger partial charge in [0.25, 0.3) is 0 Å². The fourth-order valence-electron chi connectivity index (χ4n) is 3.28. The number of hydrogen-bond donors (Lipinski definition) is 2. The van der Waals surface area contributed by atoms with Gasteiger partial charge >= 0.3 is 0 Å². The van der Waals surface area contributed by atoms with E-state index in [0.717, 1.165) is 73.8 Å². The molecule has 28 heavy (non-hydrogen) atoms. The predicted octanol–water partition coefficient (Wildman–Crippen LogP) is 3.63. The summed E-state index contributed by atoms with van der Waals surface area (Å²) in [6.07, 6.45) is 3.38. The molecule has 0 atom stereocenters. The minimum atomic E-state index is 0. The first-order valence-electron chi connectivity index (χ1n) is 9.74. The predicted molar refractivity (Wildman–Crippen MR) is 130 cm³/mol. The normalized spacial score (nSPS) is 15.8. The molecule has 0 aliphatic carbocycles. The molecule has 0 spiro atoms. The zero-order chi connectivity index (χ0) is 19.5. The number of rotatable bonds is 9. The Labute approximate surface area is 195 Å². The van der Waals surface area contributed by atoms with Gasteiger partial charge in [-0.1, -0.05) is 15.9 Å². The quantitative estimate of drug-likeness (QED) is 0.206. The molecule has 0 bridgehead atoms. The van der Waals surface area contributed by atoms with Crippen LogP contribution in [-0.4, -0.2) is 63.9 Å². The largest absolute Gasteiger partial charge is 0.496 e. The highest BCUT2D eigenvalue weighted by molar-refractivity contribution is 14.0. The molecule has 2 N–H and O–H groups in total. The molecule has 2 rings (SSSR count). The summed E-state index contributed by atoms with van der Waals surface area (Å²) in [6, 6.07) is 6.47. The molecule has 6 nitrogen and oxygen atoms in total. The first-order valence-corrected chi connectivity index (χ1v) is 10.5. The van der Waals surface area contributed by atoms with Gasteiger partial charge in [-0.05, 0) is 44.4 Å². The zero-order valence-electron chi connectivity index (χ0n) is 17.2. The van der Waals surface area contributed by atoms with E-state index in [4.69, 9.17) is 14.5 Å². The molecule has 1 aromatic carbocycles. The molecule has 1 aliphatic heterocycles. The van der Waals surface area contributed by atoms with E-state index >= 15 is 0 Å². The van der Waals surface area contributed by atoms with Crippen molar-refractivity contribution in [1.82, 2.24) is 15.5 Å². The van der Waals surface area contributed by atoms with E-state index in [1.54, 1.807) is 14.2 Å². The van der Waals surface area contributed by atoms with E-state index in [2.05, 4.69) is 44.5 Å². The maximum Gasteiger partial charge on any atom is 0.191 e. The van der Waals surface area contributed by atoms with E-state index in [0.29, 0.717) is 12.6 Å². The van der Waals surface area contributed by atoms with E-state index < -0.39 is 0 Å². The van der Waals surface area contributed by atoms with Crippen LogP contribution in [0, 0.1) is 0 Å². The third-order valence-electron chi connectivity index (χ3n) is 4.75. The van der Waals surface area contributed by atoms with Crippen molar-refractivity contribution >= 4 is 45.9 Å². The van der Waals surface area contributed by atoms with E-state index in [1.165, 1.54) is 0 Å². The standard InChI is InChI=1S/C20H33BrN4O2.HI/c1-4-22-20(23-15-16-14-17(21)6-7-19(16)27-3)24-18-8-11-25(12-9-18)10-5-13-26-2;/h6-7,14,18H,4-5,8-13,15H2,1-3H3,(H2,22,23,24);1H. The number of nitrogens with zero attached hydrogens (tertiary/aromatic N) is 2. The van der Waals surface area contributed by atoms with Gasteiger partial charge in [-0.25, -0.2) is 4.99 Å². The maximum absolute atomic E-state index is 5.45. The number of nitrogens with one attached hydrogen (secondary N) is 2. The monoisotopic (exact) mass is 568 g/mol. The fourth-order valence-corrected chi connectivity index (χ4v) is 3.69. The summed E-state index contributed by atoms with van der Waals surface area (Å²) in [6.45, 7) is 7.73. The van der Waals surface area contributed by atoms with Crippen LogP contribution in [0.3, 0.4) is 0 Å². The molecule has 0 aromatic heterocycles. The first kappa shape index (κ1) is 25.5. The smallest absolute Gasteiger partial charge is 0.191 e. The lowest BCUT2D eigenvalue weighted by Gasteiger charge is -2.33. The Balaban J connectivity index is 0.00000392. The third-order valence-corrected chi connectivity index (χ3v) is 5.24. The number of aliphatic imine (C=N–C) groups is 1. The lowest BCUT2D eigenvalue weighted by Crippen LogP contribution is -2.48. The summed E-state index contributed by atoms with van der Waals surface area (Å²) in [5.41, 5.74) is 1.07. The molecular weight excluding hydrogens is 535 g/mol. The average molecular weight is 569 g/mol. The Hall–Kier alpha value is -0.580. The molecule has 1 saturated heterocycles. The van der Waals surface area contributed by atoms with Gasteiger partial charge < -0.3 is 25.0 Å². The Bertz CT molecular complexity index is 596. The van der Waals surface area contributed by atoms with Crippen molar-refractivity contribution in [2.24, 2.45) is 4.99 Å². The molecule has 0 radical (unpaired) electrons. The summed E-state index contributed by atoms with van der Waals surface area (Å²) >= 11 is 3.52. The molecule has 8 heteroatoms. The molecule has 1 fully saturated rings. The number of likely N-dealkylation sites (tertiary alicyclic amines) is 1. The number of methoxy groups -OCH3 is 2. The summed E-state index contributed by atoms with van der Waals surface area (Å²) < 4.78 is 11.6. The second-order valence-corrected chi connectivity index (χ2v) is 7.67. The van der Waals surface area contributed by atoms with Crippen LogP contribution in [0.5, 0.6) is 5.75 Å². The third kappa shape index (κ3) is 8.84. The lowest BCUT2D eigenvalue weighted by atomic mass is 10.1. The van der Waals surface area contributed by atoms with Crippen molar-refractivity contribution in [3.8, 4) is 5.75 Å². The Morgan fingerprint density at radius 1 is 1.29 bits per heavy atom. The highest BCUT2D eigenvalue weighted by Crippen LogP contribution is 2.23. The number of guanidine groups is 1. The van der Waals surface area contributed by atoms with Crippen LogP contribution >= 0.6 is 39.9 Å². The van der Waals surface area contributed by atoms with Crippen LogP contribution in [-0.2, 0) is 11.3 Å². The van der Waals surface area contributed by atoms with Crippen LogP contribution in [0.2, 0.25) is 0 Å². The first-order chi connectivity index (χ1) is 13.2. The molecule has 0 amide bonds. The summed E-state index contributed by atoms with van der Waals surface area (Å²) in [7, 11) is 3.46. The van der Waals surface area contributed by atoms with Gasteiger partial charge in [-0.15, -0.1) is 24.0 Å². The fraction of sp³-hybridized carbons (Fsp3) is 0.650. The molecule has 1 aliphatic rings. The molecule has 160 valence electrons. The van der Waals surface area contributed by atoms with Crippen molar-refractivity contribution in [2.75, 3.05) is 47.0 Å². The SMILES string of the molecule is CCNC(=NCc1cc(Br)ccc1OC)NC1CCN(CCCOC)CC1.I. The molecule has 1 heterocycles. The van der Waals surface area contributed by atoms with E-state index in [-0.39, 0.29) is 24.0 Å². The van der Waals surface area contributed by atoms with Crippen LogP contribution in [0.25, 0.3) is 0 Å². The van der Waals surface area contributed by atoms with Crippen molar-refractivity contribution in [2.45, 2.75) is 38.8 Å². The van der Waals surface area contributed by atoms with Gasteiger partial charge in [0, 0.05) is 56.0 Å². The van der Waals surface area contributed by atoms with Crippen molar-refractivity contribution < 1.29 is 9.47 Å². The van der Waals surface area contributed by atoms with Gasteiger partial charge in [0.1, 0.15) is 5.75 Å². The number of hydrogen-bond acceptors (Lipinski definition) is 4. The topological polar surface area (TPSA) is 58.1 Å². The second kappa shape index (κ2) is 14.4. The summed E-state index contributed by atoms with van der Waals surface area (Å²) in [4.78, 5) is 7.29. The molecular formula is C20H34BrIN4O2. The van der Waals surface area contributed by atoms with Crippen molar-refractivity contribution in [1.29, 1.82) is 0 Å². The zero-order valence-corrected chi connectivity index (χ0v) is 21.1. The van der Waals surface area contributed by atoms with Crippen LogP contribution < -0.4 is 15.4 Å². The summed E-state index contributed by atoms with van der Waals surface area (Å²) in [5.74, 6) is 1.74. The van der Waals surface area contributed by atoms with E-state index in [9.17, 15) is 0 Å². The highest BCUT2D eigenvalue weighted by Gasteiger charge is 2.19. The Morgan fingerprint density at radius 3 is 2.68 bits per heavy atom. The van der Waals surface area contributed by atoms with Crippen LogP contribution in [0.4, 0.5) is 0 Å². The minimum absolute atomic E-state index is 0. The van der Waals surface area contributed by atoms with Crippen LogP contribution in [0.15, 0.2) is 27.7 Å². The van der Waals surface area contributed by atoms with Gasteiger partial charge in [0.2, 0.25) is 0 Å². The van der Waals surface area contributed by atoms with E-state index in [1.807, 2.05) is 12.1 Å². The molecule has 0 saturated carbocycles. The number of piperidine rings is 1. The van der Waals surface area contributed by atoms with Crippen molar-refractivity contribution in [3.63, 3.8) is 0 Å². The van der Waals surface area contributed by atoms with Gasteiger partial charge in [-0.2, -0.15) is 0 Å². The molecule has 0 unspecified atom stereocenters. The highest BCUT2D eigenvalue weighted by atomic mass is 127. The van der Waals surface area contributed by atoms with Crippen LogP contribution in [0.1, 0.15) is 31.7 Å². The molecule has 1 aromatic rings. The number of halogens is 2. The number of benzene rings is 1. The Morgan fingerprint density at radius 2 is 2.04 bits per heavy atom. The summed E-state index contributed by atoms with van der Waals surface area (Å²) in [5, 5.41) is 6.96. The van der Waals surface area contributed by atoms with Gasteiger partial charge in [0.15, 0.2) is 5.96 Å². The lowest BCUT2D eigenvalue weighted by molar-refractivity contribution is 0.155. The Kier molecular flexibility index (Phi) is 13.1. The maximum atomic E-state index is 5.45. The average Bonchev–Trinajstić information content (AvgIpc) is 2.68. The minimum Gasteiger partial charge on any atom is -0.496 e. The second-order valence-electron chi connectivity index (χ2n) is 6.76.